The van der Waals surface area contributed by atoms with E-state index in [1.165, 1.54) is 12.1 Å². The van der Waals surface area contributed by atoms with Crippen LogP contribution >= 0.6 is 0 Å². The first kappa shape index (κ1) is 15.4. The summed E-state index contributed by atoms with van der Waals surface area (Å²) in [4.78, 5) is 2.33. The molecule has 0 aromatic heterocycles. The third-order valence-corrected chi connectivity index (χ3v) is 3.94. The molecule has 0 saturated carbocycles. The summed E-state index contributed by atoms with van der Waals surface area (Å²) in [5, 5.41) is 0. The second kappa shape index (κ2) is 7.11. The van der Waals surface area contributed by atoms with Crippen LogP contribution in [0.25, 0.3) is 0 Å². The van der Waals surface area contributed by atoms with Crippen molar-refractivity contribution in [2.45, 2.75) is 31.9 Å². The summed E-state index contributed by atoms with van der Waals surface area (Å²) in [6, 6.07) is 6.92. The van der Waals surface area contributed by atoms with Gasteiger partial charge in [-0.3, -0.25) is 4.90 Å². The summed E-state index contributed by atoms with van der Waals surface area (Å²) in [7, 11) is 0. The molecule has 20 heavy (non-hydrogen) atoms. The average Bonchev–Trinajstić information content (AvgIpc) is 2.49. The molecular weight excluding hydrogens is 262 g/mol. The highest BCUT2D eigenvalue weighted by Gasteiger charge is 2.28. The molecule has 1 fully saturated rings. The Bertz CT molecular complexity index is 411. The number of alkyl halides is 2. The zero-order valence-corrected chi connectivity index (χ0v) is 11.8. The maximum atomic E-state index is 12.6. The maximum absolute atomic E-state index is 12.6. The van der Waals surface area contributed by atoms with Gasteiger partial charge in [-0.25, -0.2) is 8.78 Å². The predicted octanol–water partition coefficient (Wildman–Crippen LogP) is 2.73. The minimum atomic E-state index is -2.42. The monoisotopic (exact) mass is 284 g/mol. The molecule has 112 valence electrons. The first-order valence-corrected chi connectivity index (χ1v) is 7.09. The molecule has 1 saturated heterocycles. The molecule has 5 heteroatoms. The van der Waals surface area contributed by atoms with Gasteiger partial charge in [-0.05, 0) is 12.0 Å². The lowest BCUT2D eigenvalue weighted by atomic mass is 10.0. The Morgan fingerprint density at radius 1 is 1.30 bits per heavy atom. The Hall–Kier alpha value is -1.04. The van der Waals surface area contributed by atoms with Crippen LogP contribution in [0.3, 0.4) is 0 Å². The van der Waals surface area contributed by atoms with Gasteiger partial charge in [-0.2, -0.15) is 0 Å². The van der Waals surface area contributed by atoms with E-state index in [2.05, 4.69) is 11.8 Å². The molecule has 0 radical (unpaired) electrons. The second-order valence-corrected chi connectivity index (χ2v) is 5.09. The second-order valence-electron chi connectivity index (χ2n) is 5.09. The van der Waals surface area contributed by atoms with E-state index in [0.717, 1.165) is 18.5 Å². The van der Waals surface area contributed by atoms with E-state index in [4.69, 9.17) is 10.5 Å². The number of ether oxygens (including phenoxy) is 1. The largest absolute Gasteiger partial charge is 0.378 e. The molecular formula is C15H22F2N2O. The van der Waals surface area contributed by atoms with Crippen molar-refractivity contribution in [2.75, 3.05) is 26.3 Å². The molecule has 0 amide bonds. The summed E-state index contributed by atoms with van der Waals surface area (Å²) in [6.07, 6.45) is -1.43. The summed E-state index contributed by atoms with van der Waals surface area (Å²) in [5.41, 5.74) is 6.97. The van der Waals surface area contributed by atoms with Crippen molar-refractivity contribution in [3.05, 3.63) is 35.4 Å². The zero-order valence-electron chi connectivity index (χ0n) is 11.8. The molecule has 1 aliphatic rings. The van der Waals surface area contributed by atoms with Crippen LogP contribution in [-0.4, -0.2) is 37.2 Å². The molecule has 1 heterocycles. The normalized spacial score (nSPS) is 22.1. The van der Waals surface area contributed by atoms with Crippen molar-refractivity contribution in [3.63, 3.8) is 0 Å². The maximum Gasteiger partial charge on any atom is 0.263 e. The fourth-order valence-electron chi connectivity index (χ4n) is 2.76. The molecule has 0 bridgehead atoms. The average molecular weight is 284 g/mol. The van der Waals surface area contributed by atoms with Crippen LogP contribution in [0.5, 0.6) is 0 Å². The van der Waals surface area contributed by atoms with Gasteiger partial charge in [-0.15, -0.1) is 0 Å². The lowest BCUT2D eigenvalue weighted by Gasteiger charge is -2.40. The van der Waals surface area contributed by atoms with Gasteiger partial charge in [0.05, 0.1) is 13.2 Å². The standard InChI is InChI=1S/C15H22F2N2O/c1-2-13-10-20-8-7-19(13)14(9-18)11-3-5-12(6-4-11)15(16)17/h3-6,13-15H,2,7-10,18H2,1H3. The van der Waals surface area contributed by atoms with Crippen LogP contribution in [0.15, 0.2) is 24.3 Å². The molecule has 2 atom stereocenters. The smallest absolute Gasteiger partial charge is 0.263 e. The highest BCUT2D eigenvalue weighted by Crippen LogP contribution is 2.27. The third-order valence-electron chi connectivity index (χ3n) is 3.94. The Labute approximate surface area is 118 Å². The SMILES string of the molecule is CCC1COCCN1C(CN)c1ccc(C(F)F)cc1. The quantitative estimate of drug-likeness (QED) is 0.903. The lowest BCUT2D eigenvalue weighted by molar-refractivity contribution is -0.0291. The highest BCUT2D eigenvalue weighted by molar-refractivity contribution is 5.26. The number of hydrogen-bond donors (Lipinski definition) is 1. The van der Waals surface area contributed by atoms with Gasteiger partial charge in [0.25, 0.3) is 6.43 Å². The van der Waals surface area contributed by atoms with Gasteiger partial charge in [-0.1, -0.05) is 31.2 Å². The zero-order chi connectivity index (χ0) is 14.5. The van der Waals surface area contributed by atoms with E-state index in [-0.39, 0.29) is 11.6 Å². The van der Waals surface area contributed by atoms with Crippen molar-refractivity contribution in [1.82, 2.24) is 4.90 Å². The van der Waals surface area contributed by atoms with Crippen LogP contribution in [0.2, 0.25) is 0 Å². The molecule has 2 rings (SSSR count). The molecule has 3 nitrogen and oxygen atoms in total. The highest BCUT2D eigenvalue weighted by atomic mass is 19.3. The molecule has 1 aromatic rings. The molecule has 2 unspecified atom stereocenters. The summed E-state index contributed by atoms with van der Waals surface area (Å²) >= 11 is 0. The number of hydrogen-bond acceptors (Lipinski definition) is 3. The van der Waals surface area contributed by atoms with Crippen LogP contribution in [0, 0.1) is 0 Å². The third kappa shape index (κ3) is 3.34. The molecule has 0 aliphatic carbocycles. The van der Waals surface area contributed by atoms with Gasteiger partial charge in [0.1, 0.15) is 0 Å². The topological polar surface area (TPSA) is 38.5 Å². The molecule has 0 spiro atoms. The van der Waals surface area contributed by atoms with Gasteiger partial charge in [0, 0.05) is 30.7 Å². The Morgan fingerprint density at radius 3 is 2.50 bits per heavy atom. The Kier molecular flexibility index (Phi) is 5.46. The summed E-state index contributed by atoms with van der Waals surface area (Å²) in [5.74, 6) is 0. The number of benzene rings is 1. The number of nitrogens with zero attached hydrogens (tertiary/aromatic N) is 1. The fraction of sp³-hybridized carbons (Fsp3) is 0.600. The molecule has 1 aliphatic heterocycles. The first-order valence-electron chi connectivity index (χ1n) is 7.09. The van der Waals surface area contributed by atoms with Gasteiger partial charge in [0.15, 0.2) is 0 Å². The molecule has 2 N–H and O–H groups in total. The Balaban J connectivity index is 2.17. The van der Waals surface area contributed by atoms with Crippen molar-refractivity contribution in [3.8, 4) is 0 Å². The van der Waals surface area contributed by atoms with Gasteiger partial charge >= 0.3 is 0 Å². The van der Waals surface area contributed by atoms with Crippen LogP contribution in [-0.2, 0) is 4.74 Å². The van der Waals surface area contributed by atoms with Gasteiger partial charge in [0.2, 0.25) is 0 Å². The number of halogens is 2. The molecule has 1 aromatic carbocycles. The van der Waals surface area contributed by atoms with Crippen LogP contribution in [0.4, 0.5) is 8.78 Å². The summed E-state index contributed by atoms with van der Waals surface area (Å²) < 4.78 is 30.7. The Morgan fingerprint density at radius 2 is 1.95 bits per heavy atom. The first-order chi connectivity index (χ1) is 9.67. The van der Waals surface area contributed by atoms with Gasteiger partial charge < -0.3 is 10.5 Å². The van der Waals surface area contributed by atoms with E-state index in [1.54, 1.807) is 12.1 Å². The van der Waals surface area contributed by atoms with E-state index in [0.29, 0.717) is 25.8 Å². The van der Waals surface area contributed by atoms with Crippen molar-refractivity contribution < 1.29 is 13.5 Å². The van der Waals surface area contributed by atoms with E-state index < -0.39 is 6.43 Å². The summed E-state index contributed by atoms with van der Waals surface area (Å²) in [6.45, 7) is 4.84. The fourth-order valence-corrected chi connectivity index (χ4v) is 2.76. The van der Waals surface area contributed by atoms with Crippen molar-refractivity contribution >= 4 is 0 Å². The lowest BCUT2D eigenvalue weighted by Crippen LogP contribution is -2.48. The van der Waals surface area contributed by atoms with Crippen LogP contribution < -0.4 is 5.73 Å². The van der Waals surface area contributed by atoms with E-state index in [9.17, 15) is 8.78 Å². The van der Waals surface area contributed by atoms with Crippen LogP contribution in [0.1, 0.15) is 36.9 Å². The number of nitrogens with two attached hydrogens (primary N) is 1. The minimum absolute atomic E-state index is 0.0542. The number of morpholine rings is 1. The van der Waals surface area contributed by atoms with Crippen molar-refractivity contribution in [1.29, 1.82) is 0 Å². The van der Waals surface area contributed by atoms with Crippen molar-refractivity contribution in [2.24, 2.45) is 5.73 Å². The minimum Gasteiger partial charge on any atom is -0.378 e. The predicted molar refractivity (Wildman–Crippen MR) is 74.8 cm³/mol. The van der Waals surface area contributed by atoms with E-state index >= 15 is 0 Å². The van der Waals surface area contributed by atoms with E-state index in [1.807, 2.05) is 0 Å². The number of rotatable bonds is 5.